The first-order valence-electron chi connectivity index (χ1n) is 6.05. The summed E-state index contributed by atoms with van der Waals surface area (Å²) in [5.41, 5.74) is 3.34. The molecule has 3 N–H and O–H groups in total. The van der Waals surface area contributed by atoms with Crippen LogP contribution in [-0.4, -0.2) is 31.3 Å². The summed E-state index contributed by atoms with van der Waals surface area (Å²) < 4.78 is 6.84. The van der Waals surface area contributed by atoms with E-state index >= 15 is 0 Å². The monoisotopic (exact) mass is 263 g/mol. The molecule has 2 aromatic rings. The molecule has 8 nitrogen and oxygen atoms in total. The van der Waals surface area contributed by atoms with E-state index in [0.29, 0.717) is 18.5 Å². The maximum Gasteiger partial charge on any atom is 0.323 e. The van der Waals surface area contributed by atoms with Crippen molar-refractivity contribution in [1.29, 1.82) is 0 Å². The van der Waals surface area contributed by atoms with Gasteiger partial charge in [0.15, 0.2) is 0 Å². The third-order valence-electron chi connectivity index (χ3n) is 2.41. The summed E-state index contributed by atoms with van der Waals surface area (Å²) in [6, 6.07) is 2.13. The molecule has 0 saturated heterocycles. The lowest BCUT2D eigenvalue weighted by atomic mass is 10.1. The van der Waals surface area contributed by atoms with Gasteiger partial charge < -0.3 is 4.74 Å². The third-order valence-corrected chi connectivity index (χ3v) is 2.41. The molecule has 0 fully saturated rings. The smallest absolute Gasteiger partial charge is 0.323 e. The molecule has 2 aromatic heterocycles. The minimum absolute atomic E-state index is 0.210. The topological polar surface area (TPSA) is 104 Å². The van der Waals surface area contributed by atoms with Crippen molar-refractivity contribution >= 4 is 5.95 Å². The van der Waals surface area contributed by atoms with E-state index in [9.17, 15) is 0 Å². The minimum Gasteiger partial charge on any atom is -0.464 e. The van der Waals surface area contributed by atoms with Crippen molar-refractivity contribution in [3.05, 3.63) is 18.0 Å². The Morgan fingerprint density at radius 1 is 1.37 bits per heavy atom. The Hall–Kier alpha value is -2.22. The quantitative estimate of drug-likeness (QED) is 0.609. The maximum atomic E-state index is 5.33. The summed E-state index contributed by atoms with van der Waals surface area (Å²) in [6.07, 6.45) is 1.79. The van der Waals surface area contributed by atoms with Gasteiger partial charge in [0.2, 0.25) is 5.95 Å². The number of nitrogens with one attached hydrogen (secondary N) is 1. The van der Waals surface area contributed by atoms with E-state index in [1.165, 1.54) is 0 Å². The summed E-state index contributed by atoms with van der Waals surface area (Å²) >= 11 is 0. The highest BCUT2D eigenvalue weighted by Gasteiger charge is 2.11. The number of nitrogens with zero attached hydrogens (tertiary/aromatic N) is 5. The number of anilines is 1. The molecule has 0 saturated carbocycles. The molecule has 0 aromatic carbocycles. The van der Waals surface area contributed by atoms with Crippen LogP contribution in [0.2, 0.25) is 0 Å². The van der Waals surface area contributed by atoms with E-state index in [1.807, 2.05) is 13.0 Å². The van der Waals surface area contributed by atoms with Gasteiger partial charge in [-0.1, -0.05) is 13.8 Å². The molecule has 8 heteroatoms. The van der Waals surface area contributed by atoms with Crippen LogP contribution in [0.4, 0.5) is 5.95 Å². The molecule has 2 heterocycles. The van der Waals surface area contributed by atoms with Crippen LogP contribution in [-0.2, 0) is 0 Å². The number of hydrogen-bond donors (Lipinski definition) is 2. The molecule has 0 spiro atoms. The molecular formula is C11H17N7O. The second kappa shape index (κ2) is 5.61. The zero-order valence-corrected chi connectivity index (χ0v) is 11.2. The molecular weight excluding hydrogens is 246 g/mol. The predicted molar refractivity (Wildman–Crippen MR) is 70.0 cm³/mol. The molecule has 102 valence electrons. The fourth-order valence-electron chi connectivity index (χ4n) is 1.46. The van der Waals surface area contributed by atoms with Gasteiger partial charge >= 0.3 is 6.01 Å². The van der Waals surface area contributed by atoms with Crippen LogP contribution < -0.4 is 16.0 Å². The minimum atomic E-state index is 0.210. The lowest BCUT2D eigenvalue weighted by molar-refractivity contribution is 0.311. The normalized spacial score (nSPS) is 10.8. The van der Waals surface area contributed by atoms with Gasteiger partial charge in [-0.25, -0.2) is 10.5 Å². The molecule has 0 radical (unpaired) electrons. The van der Waals surface area contributed by atoms with E-state index in [2.05, 4.69) is 39.3 Å². The van der Waals surface area contributed by atoms with E-state index in [0.717, 1.165) is 5.69 Å². The third kappa shape index (κ3) is 2.97. The Labute approximate surface area is 111 Å². The number of rotatable bonds is 5. The average Bonchev–Trinajstić information content (AvgIpc) is 2.88. The van der Waals surface area contributed by atoms with Gasteiger partial charge in [-0.15, -0.1) is 0 Å². The van der Waals surface area contributed by atoms with Crippen molar-refractivity contribution in [3.63, 3.8) is 0 Å². The predicted octanol–water partition coefficient (Wildman–Crippen LogP) is 0.865. The van der Waals surface area contributed by atoms with Gasteiger partial charge in [-0.2, -0.15) is 20.1 Å². The van der Waals surface area contributed by atoms with Crippen LogP contribution in [0.3, 0.4) is 0 Å². The standard InChI is InChI=1S/C11H17N7O/c1-4-19-11-14-9(16-12)13-10(15-11)18-6-5-8(17-18)7(2)3/h5-7H,4,12H2,1-3H3,(H,13,14,15,16). The van der Waals surface area contributed by atoms with Crippen molar-refractivity contribution in [3.8, 4) is 12.0 Å². The molecule has 0 bridgehead atoms. The number of nitrogen functional groups attached to an aromatic ring is 1. The summed E-state index contributed by atoms with van der Waals surface area (Å²) in [7, 11) is 0. The van der Waals surface area contributed by atoms with Gasteiger partial charge in [-0.3, -0.25) is 5.43 Å². The second-order valence-corrected chi connectivity index (χ2v) is 4.16. The molecule has 0 atom stereocenters. The van der Waals surface area contributed by atoms with Crippen LogP contribution in [0.1, 0.15) is 32.4 Å². The van der Waals surface area contributed by atoms with Crippen LogP contribution in [0, 0.1) is 0 Å². The SMILES string of the molecule is CCOc1nc(NN)nc(-n2ccc(C(C)C)n2)n1. The van der Waals surface area contributed by atoms with Crippen LogP contribution >= 0.6 is 0 Å². The first-order valence-corrected chi connectivity index (χ1v) is 6.05. The number of hydrazine groups is 1. The zero-order valence-electron chi connectivity index (χ0n) is 11.2. The number of aromatic nitrogens is 5. The van der Waals surface area contributed by atoms with Gasteiger partial charge in [0.1, 0.15) is 0 Å². The fourth-order valence-corrected chi connectivity index (χ4v) is 1.46. The van der Waals surface area contributed by atoms with Crippen molar-refractivity contribution in [2.75, 3.05) is 12.0 Å². The molecule has 0 amide bonds. The molecule has 0 aliphatic carbocycles. The summed E-state index contributed by atoms with van der Waals surface area (Å²) in [5, 5.41) is 4.40. The second-order valence-electron chi connectivity index (χ2n) is 4.16. The Kier molecular flexibility index (Phi) is 3.91. The van der Waals surface area contributed by atoms with Crippen molar-refractivity contribution < 1.29 is 4.74 Å². The highest BCUT2D eigenvalue weighted by molar-refractivity contribution is 5.28. The van der Waals surface area contributed by atoms with Crippen LogP contribution in [0.25, 0.3) is 5.95 Å². The maximum absolute atomic E-state index is 5.33. The van der Waals surface area contributed by atoms with E-state index < -0.39 is 0 Å². The summed E-state index contributed by atoms with van der Waals surface area (Å²) in [4.78, 5) is 12.3. The summed E-state index contributed by atoms with van der Waals surface area (Å²) in [5.74, 6) is 6.25. The van der Waals surface area contributed by atoms with Gasteiger partial charge in [0.25, 0.3) is 5.95 Å². The van der Waals surface area contributed by atoms with Gasteiger partial charge in [-0.05, 0) is 18.9 Å². The molecule has 0 aliphatic rings. The first-order chi connectivity index (χ1) is 9.13. The summed E-state index contributed by atoms with van der Waals surface area (Å²) in [6.45, 7) is 6.45. The lowest BCUT2D eigenvalue weighted by Crippen LogP contribution is -2.15. The number of nitrogens with two attached hydrogens (primary N) is 1. The fraction of sp³-hybridized carbons (Fsp3) is 0.455. The Morgan fingerprint density at radius 2 is 2.16 bits per heavy atom. The van der Waals surface area contributed by atoms with Crippen molar-refractivity contribution in [2.24, 2.45) is 5.84 Å². The Morgan fingerprint density at radius 3 is 2.74 bits per heavy atom. The van der Waals surface area contributed by atoms with Crippen LogP contribution in [0.15, 0.2) is 12.3 Å². The molecule has 0 aliphatic heterocycles. The Balaban J connectivity index is 2.38. The zero-order chi connectivity index (χ0) is 13.8. The molecule has 19 heavy (non-hydrogen) atoms. The van der Waals surface area contributed by atoms with E-state index in [-0.39, 0.29) is 12.0 Å². The van der Waals surface area contributed by atoms with Crippen molar-refractivity contribution in [1.82, 2.24) is 24.7 Å². The largest absolute Gasteiger partial charge is 0.464 e. The van der Waals surface area contributed by atoms with E-state index in [4.69, 9.17) is 10.6 Å². The highest BCUT2D eigenvalue weighted by atomic mass is 16.5. The van der Waals surface area contributed by atoms with E-state index in [1.54, 1.807) is 10.9 Å². The van der Waals surface area contributed by atoms with Gasteiger partial charge in [0, 0.05) is 6.20 Å². The average molecular weight is 263 g/mol. The number of ether oxygens (including phenoxy) is 1. The number of hydrogen-bond acceptors (Lipinski definition) is 7. The molecule has 2 rings (SSSR count). The van der Waals surface area contributed by atoms with Crippen molar-refractivity contribution in [2.45, 2.75) is 26.7 Å². The lowest BCUT2D eigenvalue weighted by Gasteiger charge is -2.06. The molecule has 0 unspecified atom stereocenters. The van der Waals surface area contributed by atoms with Crippen LogP contribution in [0.5, 0.6) is 6.01 Å². The Bertz CT molecular complexity index is 552. The highest BCUT2D eigenvalue weighted by Crippen LogP contribution is 2.14. The van der Waals surface area contributed by atoms with Gasteiger partial charge in [0.05, 0.1) is 12.3 Å². The first kappa shape index (κ1) is 13.2.